The lowest BCUT2D eigenvalue weighted by molar-refractivity contribution is 0.626. The molecule has 0 saturated heterocycles. The van der Waals surface area contributed by atoms with Crippen molar-refractivity contribution in [3.63, 3.8) is 0 Å². The molecule has 0 heterocycles. The monoisotopic (exact) mass is 296 g/mol. The quantitative estimate of drug-likeness (QED) is 0.451. The summed E-state index contributed by atoms with van der Waals surface area (Å²) in [6.45, 7) is 0. The summed E-state index contributed by atoms with van der Waals surface area (Å²) in [6.07, 6.45) is 0. The second kappa shape index (κ2) is 5.71. The zero-order chi connectivity index (χ0) is 14.7. The van der Waals surface area contributed by atoms with Crippen LogP contribution in [-0.2, 0) is 4.87 Å². The molecule has 0 saturated carbocycles. The van der Waals surface area contributed by atoms with Gasteiger partial charge in [-0.05, 0) is 28.8 Å². The Labute approximate surface area is 128 Å². The molecule has 0 atom stereocenters. The predicted molar refractivity (Wildman–Crippen MR) is 85.0 cm³/mol. The highest BCUT2D eigenvalue weighted by atomic mass is 35.5. The van der Waals surface area contributed by atoms with Crippen molar-refractivity contribution in [2.45, 2.75) is 4.87 Å². The average Bonchev–Trinajstić information content (AvgIpc) is 2.56. The topological polar surface area (TPSA) is 0 Å². The maximum absolute atomic E-state index is 13.2. The molecule has 0 aliphatic carbocycles. The molecule has 2 heteroatoms. The van der Waals surface area contributed by atoms with Gasteiger partial charge < -0.3 is 0 Å². The van der Waals surface area contributed by atoms with Crippen LogP contribution in [0.25, 0.3) is 0 Å². The Morgan fingerprint density at radius 1 is 0.571 bits per heavy atom. The van der Waals surface area contributed by atoms with Gasteiger partial charge >= 0.3 is 0 Å². The van der Waals surface area contributed by atoms with Crippen LogP contribution in [0.5, 0.6) is 0 Å². The van der Waals surface area contributed by atoms with Crippen LogP contribution in [0, 0.1) is 5.82 Å². The Morgan fingerprint density at radius 3 is 1.38 bits per heavy atom. The summed E-state index contributed by atoms with van der Waals surface area (Å²) in [5.41, 5.74) is 2.77. The van der Waals surface area contributed by atoms with Crippen molar-refractivity contribution in [1.29, 1.82) is 0 Å². The van der Waals surface area contributed by atoms with Crippen LogP contribution < -0.4 is 0 Å². The van der Waals surface area contributed by atoms with Crippen LogP contribution >= 0.6 is 11.6 Å². The van der Waals surface area contributed by atoms with Gasteiger partial charge in [0, 0.05) is 0 Å². The molecule has 0 aliphatic rings. The lowest BCUT2D eigenvalue weighted by Gasteiger charge is -2.29. The Bertz CT molecular complexity index is 666. The predicted octanol–water partition coefficient (Wildman–Crippen LogP) is 5.36. The minimum absolute atomic E-state index is 0.265. The number of rotatable bonds is 3. The number of hydrogen-bond acceptors (Lipinski definition) is 0. The third kappa shape index (κ3) is 2.57. The first-order valence-corrected chi connectivity index (χ1v) is 7.15. The van der Waals surface area contributed by atoms with Gasteiger partial charge in [-0.15, -0.1) is 11.6 Å². The van der Waals surface area contributed by atoms with Crippen molar-refractivity contribution in [2.24, 2.45) is 0 Å². The first-order chi connectivity index (χ1) is 10.2. The molecule has 0 amide bonds. The zero-order valence-corrected chi connectivity index (χ0v) is 12.1. The summed E-state index contributed by atoms with van der Waals surface area (Å²) in [7, 11) is 0. The lowest BCUT2D eigenvalue weighted by Crippen LogP contribution is -2.22. The largest absolute Gasteiger partial charge is 0.207 e. The highest BCUT2D eigenvalue weighted by Gasteiger charge is 2.33. The van der Waals surface area contributed by atoms with Crippen molar-refractivity contribution < 1.29 is 4.39 Å². The van der Waals surface area contributed by atoms with Crippen LogP contribution in [0.1, 0.15) is 16.7 Å². The van der Waals surface area contributed by atoms with Gasteiger partial charge in [0.05, 0.1) is 0 Å². The average molecular weight is 297 g/mol. The van der Waals surface area contributed by atoms with Gasteiger partial charge in [0.15, 0.2) is 0 Å². The molecule has 0 fully saturated rings. The van der Waals surface area contributed by atoms with Crippen molar-refractivity contribution in [3.05, 3.63) is 107 Å². The van der Waals surface area contributed by atoms with Crippen LogP contribution in [0.4, 0.5) is 4.39 Å². The lowest BCUT2D eigenvalue weighted by atomic mass is 9.84. The van der Waals surface area contributed by atoms with Gasteiger partial charge in [0.2, 0.25) is 0 Å². The minimum atomic E-state index is -0.823. The van der Waals surface area contributed by atoms with E-state index >= 15 is 0 Å². The van der Waals surface area contributed by atoms with E-state index in [4.69, 9.17) is 11.6 Å². The molecule has 3 aromatic rings. The molecule has 0 nitrogen and oxygen atoms in total. The van der Waals surface area contributed by atoms with Crippen molar-refractivity contribution in [3.8, 4) is 0 Å². The summed E-state index contributed by atoms with van der Waals surface area (Å²) in [6, 6.07) is 26.1. The fourth-order valence-corrected chi connectivity index (χ4v) is 2.89. The standard InChI is InChI=1S/C19H14ClF/c20-19(15-7-3-1-4-8-15,16-9-5-2-6-10-16)17-11-13-18(21)14-12-17/h1-14H. The summed E-state index contributed by atoms with van der Waals surface area (Å²) in [5, 5.41) is 0. The minimum Gasteiger partial charge on any atom is -0.207 e. The third-order valence-corrected chi connectivity index (χ3v) is 4.24. The second-order valence-electron chi connectivity index (χ2n) is 4.90. The van der Waals surface area contributed by atoms with Crippen LogP contribution in [-0.4, -0.2) is 0 Å². The van der Waals surface area contributed by atoms with E-state index in [1.54, 1.807) is 12.1 Å². The summed E-state index contributed by atoms with van der Waals surface area (Å²) in [4.78, 5) is -0.823. The first kappa shape index (κ1) is 13.8. The van der Waals surface area contributed by atoms with Crippen LogP contribution in [0.3, 0.4) is 0 Å². The van der Waals surface area contributed by atoms with E-state index in [0.717, 1.165) is 16.7 Å². The van der Waals surface area contributed by atoms with E-state index in [-0.39, 0.29) is 5.82 Å². The molecular weight excluding hydrogens is 283 g/mol. The Morgan fingerprint density at radius 2 is 0.952 bits per heavy atom. The number of halogens is 2. The maximum atomic E-state index is 13.2. The van der Waals surface area contributed by atoms with Gasteiger partial charge in [-0.3, -0.25) is 0 Å². The van der Waals surface area contributed by atoms with Gasteiger partial charge in [0.25, 0.3) is 0 Å². The van der Waals surface area contributed by atoms with E-state index in [1.807, 2.05) is 60.7 Å². The van der Waals surface area contributed by atoms with Gasteiger partial charge in [-0.25, -0.2) is 4.39 Å². The molecule has 0 aromatic heterocycles. The fourth-order valence-electron chi connectivity index (χ4n) is 2.52. The Hall–Kier alpha value is -2.12. The van der Waals surface area contributed by atoms with Crippen LogP contribution in [0.15, 0.2) is 84.9 Å². The van der Waals surface area contributed by atoms with E-state index in [2.05, 4.69) is 0 Å². The maximum Gasteiger partial charge on any atom is 0.123 e. The first-order valence-electron chi connectivity index (χ1n) is 6.77. The van der Waals surface area contributed by atoms with Crippen molar-refractivity contribution in [1.82, 2.24) is 0 Å². The molecule has 0 aliphatic heterocycles. The number of benzene rings is 3. The van der Waals surface area contributed by atoms with Gasteiger partial charge in [0.1, 0.15) is 10.7 Å². The van der Waals surface area contributed by atoms with E-state index in [0.29, 0.717) is 0 Å². The molecule has 0 radical (unpaired) electrons. The van der Waals surface area contributed by atoms with E-state index < -0.39 is 4.87 Å². The normalized spacial score (nSPS) is 11.3. The SMILES string of the molecule is Fc1ccc(C(Cl)(c2ccccc2)c2ccccc2)cc1. The third-order valence-electron chi connectivity index (χ3n) is 3.59. The van der Waals surface area contributed by atoms with Gasteiger partial charge in [-0.2, -0.15) is 0 Å². The van der Waals surface area contributed by atoms with Crippen molar-refractivity contribution >= 4 is 11.6 Å². The molecule has 3 aromatic carbocycles. The van der Waals surface area contributed by atoms with Crippen molar-refractivity contribution in [2.75, 3.05) is 0 Å². The molecule has 0 unspecified atom stereocenters. The molecule has 104 valence electrons. The second-order valence-corrected chi connectivity index (χ2v) is 5.46. The Balaban J connectivity index is 2.23. The summed E-state index contributed by atoms with van der Waals surface area (Å²) in [5.74, 6) is -0.265. The number of hydrogen-bond donors (Lipinski definition) is 0. The smallest absolute Gasteiger partial charge is 0.123 e. The molecular formula is C19H14ClF. The number of alkyl halides is 1. The highest BCUT2D eigenvalue weighted by molar-refractivity contribution is 6.28. The van der Waals surface area contributed by atoms with Crippen LogP contribution in [0.2, 0.25) is 0 Å². The summed E-state index contributed by atoms with van der Waals surface area (Å²) >= 11 is 7.05. The summed E-state index contributed by atoms with van der Waals surface area (Å²) < 4.78 is 13.2. The fraction of sp³-hybridized carbons (Fsp3) is 0.0526. The highest BCUT2D eigenvalue weighted by Crippen LogP contribution is 2.42. The zero-order valence-electron chi connectivity index (χ0n) is 11.3. The van der Waals surface area contributed by atoms with Gasteiger partial charge in [-0.1, -0.05) is 72.8 Å². The molecule has 0 bridgehead atoms. The molecule has 0 N–H and O–H groups in total. The Kier molecular flexibility index (Phi) is 3.76. The molecule has 3 rings (SSSR count). The van der Waals surface area contributed by atoms with E-state index in [1.165, 1.54) is 12.1 Å². The molecule has 0 spiro atoms. The van der Waals surface area contributed by atoms with E-state index in [9.17, 15) is 4.39 Å². The molecule has 21 heavy (non-hydrogen) atoms.